The van der Waals surface area contributed by atoms with Gasteiger partial charge < -0.3 is 33.3 Å². The summed E-state index contributed by atoms with van der Waals surface area (Å²) in [5.74, 6) is -2.35. The minimum Gasteiger partial charge on any atom is -0.545 e. The number of esters is 2. The van der Waals surface area contributed by atoms with Gasteiger partial charge in [0.1, 0.15) is 13.2 Å². The Labute approximate surface area is 572 Å². The lowest BCUT2D eigenvalue weighted by atomic mass is 10.0. The van der Waals surface area contributed by atoms with Crippen LogP contribution in [0.2, 0.25) is 0 Å². The zero-order valence-electron chi connectivity index (χ0n) is 60.3. The number of carbonyl (C=O) groups is 3. The Morgan fingerprint density at radius 1 is 0.323 bits per heavy atom. The number of allylic oxidation sites excluding steroid dienone is 26. The number of quaternary nitrogens is 1. The first-order valence-electron chi connectivity index (χ1n) is 37.6. The van der Waals surface area contributed by atoms with Crippen LogP contribution >= 0.6 is 0 Å². The van der Waals surface area contributed by atoms with Crippen LogP contribution in [0.4, 0.5) is 0 Å². The molecule has 0 N–H and O–H groups in total. The van der Waals surface area contributed by atoms with Crippen LogP contribution in [0.1, 0.15) is 296 Å². The van der Waals surface area contributed by atoms with Crippen LogP contribution in [0.3, 0.4) is 0 Å². The third-order valence-electron chi connectivity index (χ3n) is 15.8. The topological polar surface area (TPSA) is 111 Å². The highest BCUT2D eigenvalue weighted by Crippen LogP contribution is 2.17. The second-order valence-electron chi connectivity index (χ2n) is 25.8. The number of aliphatic carboxylic acids is 1. The van der Waals surface area contributed by atoms with Crippen molar-refractivity contribution in [2.24, 2.45) is 0 Å². The van der Waals surface area contributed by atoms with Crippen molar-refractivity contribution in [1.82, 2.24) is 0 Å². The summed E-state index contributed by atoms with van der Waals surface area (Å²) in [6.45, 7) is 4.47. The molecule has 9 heteroatoms. The average molecular weight is 1290 g/mol. The third kappa shape index (κ3) is 74.2. The molecule has 0 aromatic heterocycles. The lowest BCUT2D eigenvalue weighted by Crippen LogP contribution is -2.44. The summed E-state index contributed by atoms with van der Waals surface area (Å²) in [6, 6.07) is 0. The first kappa shape index (κ1) is 87.9. The van der Waals surface area contributed by atoms with Gasteiger partial charge in [-0.25, -0.2) is 0 Å². The predicted molar refractivity (Wildman–Crippen MR) is 398 cm³/mol. The molecule has 0 aliphatic rings. The van der Waals surface area contributed by atoms with Crippen LogP contribution in [0.5, 0.6) is 0 Å². The summed E-state index contributed by atoms with van der Waals surface area (Å²) in [5, 5.41) is 11.8. The minimum atomic E-state index is -1.64. The van der Waals surface area contributed by atoms with Crippen molar-refractivity contribution in [3.05, 3.63) is 158 Å². The van der Waals surface area contributed by atoms with Crippen LogP contribution < -0.4 is 5.11 Å². The van der Waals surface area contributed by atoms with Gasteiger partial charge in [-0.15, -0.1) is 0 Å². The van der Waals surface area contributed by atoms with Gasteiger partial charge in [-0.3, -0.25) is 9.59 Å². The molecule has 0 saturated carbocycles. The quantitative estimate of drug-likeness (QED) is 0.0195. The van der Waals surface area contributed by atoms with E-state index in [2.05, 4.69) is 172 Å². The van der Waals surface area contributed by atoms with Gasteiger partial charge in [0.25, 0.3) is 0 Å². The van der Waals surface area contributed by atoms with E-state index in [4.69, 9.17) is 18.9 Å². The van der Waals surface area contributed by atoms with E-state index in [-0.39, 0.29) is 38.6 Å². The molecule has 0 spiro atoms. The van der Waals surface area contributed by atoms with Crippen molar-refractivity contribution in [3.8, 4) is 0 Å². The van der Waals surface area contributed by atoms with Crippen molar-refractivity contribution in [3.63, 3.8) is 0 Å². The highest BCUT2D eigenvalue weighted by molar-refractivity contribution is 5.70. The van der Waals surface area contributed by atoms with E-state index in [9.17, 15) is 19.5 Å². The highest BCUT2D eigenvalue weighted by Gasteiger charge is 2.22. The number of carboxylic acids is 1. The first-order valence-corrected chi connectivity index (χ1v) is 37.6. The fraction of sp³-hybridized carbons (Fsp3) is 0.655. The number of hydrogen-bond acceptors (Lipinski definition) is 8. The fourth-order valence-corrected chi connectivity index (χ4v) is 10.1. The summed E-state index contributed by atoms with van der Waals surface area (Å²) in [5.41, 5.74) is 0. The second kappa shape index (κ2) is 72.7. The van der Waals surface area contributed by atoms with Crippen LogP contribution in [0, 0.1) is 0 Å². The number of hydrogen-bond donors (Lipinski definition) is 0. The Morgan fingerprint density at radius 3 is 0.882 bits per heavy atom. The fourth-order valence-electron chi connectivity index (χ4n) is 10.1. The van der Waals surface area contributed by atoms with Crippen LogP contribution in [-0.2, 0) is 33.3 Å². The van der Waals surface area contributed by atoms with E-state index in [1.807, 2.05) is 21.1 Å². The number of carboxylic acid groups (broad SMARTS) is 1. The molecule has 2 unspecified atom stereocenters. The largest absolute Gasteiger partial charge is 0.545 e. The molecule has 0 bridgehead atoms. The van der Waals surface area contributed by atoms with E-state index in [1.165, 1.54) is 148 Å². The maximum atomic E-state index is 12.9. The van der Waals surface area contributed by atoms with Gasteiger partial charge in [0.2, 0.25) is 0 Å². The number of ether oxygens (including phenoxy) is 4. The molecule has 0 rings (SSSR count). The van der Waals surface area contributed by atoms with E-state index < -0.39 is 24.3 Å². The average Bonchev–Trinajstić information content (AvgIpc) is 3.38. The summed E-state index contributed by atoms with van der Waals surface area (Å²) < 4.78 is 22.8. The Balaban J connectivity index is 4.08. The molecule has 0 aromatic carbocycles. The van der Waals surface area contributed by atoms with Gasteiger partial charge in [-0.2, -0.15) is 0 Å². The molecule has 0 aliphatic heterocycles. The Kier molecular flexibility index (Phi) is 68.8. The van der Waals surface area contributed by atoms with Gasteiger partial charge >= 0.3 is 11.9 Å². The predicted octanol–water partition coefficient (Wildman–Crippen LogP) is 22.7. The van der Waals surface area contributed by atoms with E-state index in [1.54, 1.807) is 0 Å². The molecule has 0 saturated heterocycles. The molecule has 0 heterocycles. The molecule has 0 aliphatic carbocycles. The third-order valence-corrected chi connectivity index (χ3v) is 15.8. The van der Waals surface area contributed by atoms with Crippen molar-refractivity contribution in [2.45, 2.75) is 309 Å². The van der Waals surface area contributed by atoms with Gasteiger partial charge in [-0.1, -0.05) is 320 Å². The molecule has 2 atom stereocenters. The molecule has 528 valence electrons. The molecule has 0 fully saturated rings. The van der Waals surface area contributed by atoms with Gasteiger partial charge in [0.05, 0.1) is 40.3 Å². The van der Waals surface area contributed by atoms with Crippen molar-refractivity contribution < 1.29 is 42.9 Å². The maximum absolute atomic E-state index is 12.9. The van der Waals surface area contributed by atoms with Crippen LogP contribution in [0.25, 0.3) is 0 Å². The lowest BCUT2D eigenvalue weighted by Gasteiger charge is -2.26. The number of unbranched alkanes of at least 4 members (excludes halogenated alkanes) is 27. The Morgan fingerprint density at radius 2 is 0.581 bits per heavy atom. The molecule has 0 amide bonds. The highest BCUT2D eigenvalue weighted by atomic mass is 16.7. The summed E-state index contributed by atoms with van der Waals surface area (Å²) in [4.78, 5) is 37.5. The van der Waals surface area contributed by atoms with Crippen LogP contribution in [0.15, 0.2) is 158 Å². The number of carbonyl (C=O) groups excluding carboxylic acids is 3. The monoisotopic (exact) mass is 1290 g/mol. The van der Waals surface area contributed by atoms with Gasteiger partial charge in [0.15, 0.2) is 12.4 Å². The Bertz CT molecular complexity index is 2090. The van der Waals surface area contributed by atoms with E-state index in [0.29, 0.717) is 17.4 Å². The van der Waals surface area contributed by atoms with Crippen molar-refractivity contribution in [2.75, 3.05) is 47.5 Å². The SMILES string of the molecule is CC/C=C\C/C=C\C/C=C\C/C=C\C/C=C\C/C=C\C/C=C\C/C=C\CCCCC(=O)OC(COC(=O)CCCCCCCCCCCCCCCCCCCCCCCCCCC/C=C\C/C=C\C/C=C\C/C=C\C/C=C\CC)COC(OCC[N+](C)(C)C)C(=O)[O-]. The molecule has 0 radical (unpaired) electrons. The van der Waals surface area contributed by atoms with Crippen LogP contribution in [-0.4, -0.2) is 82.3 Å². The van der Waals surface area contributed by atoms with E-state index >= 15 is 0 Å². The zero-order chi connectivity index (χ0) is 67.5. The first-order chi connectivity index (χ1) is 45.6. The summed E-state index contributed by atoms with van der Waals surface area (Å²) >= 11 is 0. The molecule has 93 heavy (non-hydrogen) atoms. The van der Waals surface area contributed by atoms with E-state index in [0.717, 1.165) is 116 Å². The molecular formula is C84H139NO8. The maximum Gasteiger partial charge on any atom is 0.306 e. The minimum absolute atomic E-state index is 0.133. The molecule has 9 nitrogen and oxygen atoms in total. The molecule has 0 aromatic rings. The number of nitrogens with zero attached hydrogens (tertiary/aromatic N) is 1. The Hall–Kier alpha value is -5.09. The smallest absolute Gasteiger partial charge is 0.306 e. The van der Waals surface area contributed by atoms with Gasteiger partial charge in [-0.05, 0) is 122 Å². The normalized spacial score (nSPS) is 13.6. The summed E-state index contributed by atoms with van der Waals surface area (Å²) in [7, 11) is 5.91. The molecular weight excluding hydrogens is 1150 g/mol. The number of likely N-dealkylation sites (N-methyl/N-ethyl adjacent to an activating group) is 1. The number of rotatable bonds is 68. The van der Waals surface area contributed by atoms with Gasteiger partial charge in [0, 0.05) is 12.8 Å². The van der Waals surface area contributed by atoms with Crippen molar-refractivity contribution in [1.29, 1.82) is 0 Å². The summed E-state index contributed by atoms with van der Waals surface area (Å²) in [6.07, 6.45) is 105. The zero-order valence-corrected chi connectivity index (χ0v) is 60.3. The lowest BCUT2D eigenvalue weighted by molar-refractivity contribution is -0.870. The van der Waals surface area contributed by atoms with Crippen molar-refractivity contribution >= 4 is 17.9 Å². The second-order valence-corrected chi connectivity index (χ2v) is 25.8. The standard InChI is InChI=1S/C84H139NO8/c1-6-8-10-12-14-16-18-20-22-24-26-28-30-32-34-35-36-37-38-39-40-41-42-43-44-45-46-47-49-50-52-54-56-58-60-62-64-66-68-70-72-74-81(86)91-78-80(79-92-84(83(88)89)90-77-76-85(3,4)5)93-82(87)75-73-71-69-67-65-63-61-59-57-55-53-51-48-33-31-29-27-25-23-21-19-17-15-13-11-9-7-2/h8-11,14-17,20-23,26-29,32-34,48,53,55,59,61,65,67,80,84H,6-7,12-13,18-19,24-25,30-31,35-47,49-52,54,56-58,60,62-64,66,68-79H2,1-5H3/b10-8-,11-9-,16-14-,17-15-,22-20-,23-21-,28-26-,29-27-,34-32-,48-33-,55-53-,61-59-,67-65-.